The first-order valence-corrected chi connectivity index (χ1v) is 5.40. The summed E-state index contributed by atoms with van der Waals surface area (Å²) in [4.78, 5) is 14.3. The van der Waals surface area contributed by atoms with Crippen LogP contribution in [0, 0.1) is 5.82 Å². The predicted molar refractivity (Wildman–Crippen MR) is 58.0 cm³/mol. The fourth-order valence-corrected chi connectivity index (χ4v) is 2.37. The first-order chi connectivity index (χ1) is 8.09. The standard InChI is InChI=1S/C12H12FNO3/c13-9-5-8(6-10(16)11(9)17)12(14-7-15)3-1-2-4-12/h5-6,16-17H,1-4H2. The van der Waals surface area contributed by atoms with Crippen LogP contribution >= 0.6 is 0 Å². The van der Waals surface area contributed by atoms with Crippen molar-refractivity contribution >= 4 is 6.08 Å². The number of hydrogen-bond donors (Lipinski definition) is 2. The van der Waals surface area contributed by atoms with Gasteiger partial charge >= 0.3 is 0 Å². The summed E-state index contributed by atoms with van der Waals surface area (Å²) in [6, 6.07) is 2.37. The van der Waals surface area contributed by atoms with Crippen LogP contribution in [0.25, 0.3) is 0 Å². The molecular formula is C12H12FNO3. The van der Waals surface area contributed by atoms with Gasteiger partial charge in [0.25, 0.3) is 0 Å². The Bertz CT molecular complexity index is 466. The van der Waals surface area contributed by atoms with Crippen molar-refractivity contribution in [2.45, 2.75) is 31.2 Å². The van der Waals surface area contributed by atoms with Gasteiger partial charge in [-0.15, -0.1) is 0 Å². The number of phenolic OH excluding ortho intramolecular Hbond substituents is 2. The molecule has 1 aromatic rings. The molecule has 0 saturated heterocycles. The second-order valence-electron chi connectivity index (χ2n) is 4.27. The van der Waals surface area contributed by atoms with Crippen LogP contribution in [0.2, 0.25) is 0 Å². The Morgan fingerprint density at radius 2 is 1.94 bits per heavy atom. The van der Waals surface area contributed by atoms with E-state index in [0.29, 0.717) is 18.4 Å². The maximum absolute atomic E-state index is 13.4. The molecule has 90 valence electrons. The van der Waals surface area contributed by atoms with Gasteiger partial charge in [0.05, 0.1) is 5.54 Å². The number of rotatable bonds is 2. The summed E-state index contributed by atoms with van der Waals surface area (Å²) in [5.74, 6) is -2.23. The average molecular weight is 237 g/mol. The highest BCUT2D eigenvalue weighted by Crippen LogP contribution is 2.44. The van der Waals surface area contributed by atoms with Crippen molar-refractivity contribution in [1.82, 2.24) is 0 Å². The van der Waals surface area contributed by atoms with Gasteiger partial charge in [0.2, 0.25) is 6.08 Å². The highest BCUT2D eigenvalue weighted by Gasteiger charge is 2.36. The summed E-state index contributed by atoms with van der Waals surface area (Å²) in [7, 11) is 0. The summed E-state index contributed by atoms with van der Waals surface area (Å²) in [6.07, 6.45) is 4.51. The maximum atomic E-state index is 13.4. The fraction of sp³-hybridized carbons (Fsp3) is 0.417. The maximum Gasteiger partial charge on any atom is 0.235 e. The second-order valence-corrected chi connectivity index (χ2v) is 4.27. The van der Waals surface area contributed by atoms with Crippen LogP contribution in [0.1, 0.15) is 31.2 Å². The van der Waals surface area contributed by atoms with Crippen LogP contribution in [0.5, 0.6) is 11.5 Å². The monoisotopic (exact) mass is 237 g/mol. The molecule has 4 nitrogen and oxygen atoms in total. The third kappa shape index (κ3) is 1.89. The molecule has 2 N–H and O–H groups in total. The predicted octanol–water partition coefficient (Wildman–Crippen LogP) is 2.34. The summed E-state index contributed by atoms with van der Waals surface area (Å²) in [5.41, 5.74) is -0.389. The van der Waals surface area contributed by atoms with E-state index in [9.17, 15) is 14.3 Å². The van der Waals surface area contributed by atoms with Gasteiger partial charge in [0.15, 0.2) is 17.3 Å². The zero-order valence-electron chi connectivity index (χ0n) is 9.11. The molecule has 0 spiro atoms. The summed E-state index contributed by atoms with van der Waals surface area (Å²) >= 11 is 0. The molecular weight excluding hydrogens is 225 g/mol. The Kier molecular flexibility index (Phi) is 2.86. The lowest BCUT2D eigenvalue weighted by atomic mass is 9.88. The zero-order chi connectivity index (χ0) is 12.5. The molecule has 0 heterocycles. The second kappa shape index (κ2) is 4.18. The lowest BCUT2D eigenvalue weighted by molar-refractivity contribution is 0.372. The van der Waals surface area contributed by atoms with Crippen molar-refractivity contribution in [2.75, 3.05) is 0 Å². The molecule has 0 bridgehead atoms. The number of carbonyl (C=O) groups excluding carboxylic acids is 1. The van der Waals surface area contributed by atoms with Gasteiger partial charge in [-0.3, -0.25) is 0 Å². The van der Waals surface area contributed by atoms with Crippen LogP contribution in [-0.2, 0) is 10.3 Å². The van der Waals surface area contributed by atoms with E-state index in [4.69, 9.17) is 5.11 Å². The van der Waals surface area contributed by atoms with Gasteiger partial charge in [-0.1, -0.05) is 12.8 Å². The van der Waals surface area contributed by atoms with E-state index in [0.717, 1.165) is 18.9 Å². The van der Waals surface area contributed by atoms with Gasteiger partial charge in [-0.25, -0.2) is 9.18 Å². The number of hydrogen-bond acceptors (Lipinski definition) is 4. The van der Waals surface area contributed by atoms with Crippen molar-refractivity contribution in [3.63, 3.8) is 0 Å². The molecule has 1 saturated carbocycles. The number of aliphatic imine (C=N–C) groups is 1. The molecule has 0 atom stereocenters. The highest BCUT2D eigenvalue weighted by molar-refractivity contribution is 5.46. The number of benzene rings is 1. The Hall–Kier alpha value is -1.87. The minimum Gasteiger partial charge on any atom is -0.504 e. The van der Waals surface area contributed by atoms with Crippen molar-refractivity contribution in [3.8, 4) is 11.5 Å². The molecule has 1 aliphatic carbocycles. The van der Waals surface area contributed by atoms with E-state index in [1.54, 1.807) is 0 Å². The molecule has 0 aromatic heterocycles. The van der Waals surface area contributed by atoms with Crippen LogP contribution in [0.4, 0.5) is 4.39 Å². The lowest BCUT2D eigenvalue weighted by Gasteiger charge is -2.23. The van der Waals surface area contributed by atoms with Gasteiger partial charge < -0.3 is 10.2 Å². The number of aromatic hydroxyl groups is 2. The minimum atomic E-state index is -0.910. The van der Waals surface area contributed by atoms with E-state index >= 15 is 0 Å². The molecule has 1 fully saturated rings. The smallest absolute Gasteiger partial charge is 0.235 e. The molecule has 0 aliphatic heterocycles. The highest BCUT2D eigenvalue weighted by atomic mass is 19.1. The Labute approximate surface area is 97.4 Å². The quantitative estimate of drug-likeness (QED) is 0.471. The molecule has 0 radical (unpaired) electrons. The van der Waals surface area contributed by atoms with Gasteiger partial charge in [-0.05, 0) is 30.5 Å². The van der Waals surface area contributed by atoms with Gasteiger partial charge in [-0.2, -0.15) is 4.99 Å². The van der Waals surface area contributed by atoms with E-state index < -0.39 is 22.9 Å². The molecule has 2 rings (SSSR count). The number of halogens is 1. The van der Waals surface area contributed by atoms with Crippen LogP contribution in [0.15, 0.2) is 17.1 Å². The van der Waals surface area contributed by atoms with Crippen molar-refractivity contribution in [1.29, 1.82) is 0 Å². The molecule has 1 aliphatic rings. The van der Waals surface area contributed by atoms with E-state index in [2.05, 4.69) is 4.99 Å². The summed E-state index contributed by atoms with van der Waals surface area (Å²) < 4.78 is 13.4. The SMILES string of the molecule is O=C=NC1(c2cc(O)c(O)c(F)c2)CCCC1. The van der Waals surface area contributed by atoms with Gasteiger partial charge in [0.1, 0.15) is 0 Å². The van der Waals surface area contributed by atoms with E-state index in [1.165, 1.54) is 12.1 Å². The average Bonchev–Trinajstić information content (AvgIpc) is 2.75. The number of isocyanates is 1. The first kappa shape index (κ1) is 11.6. The summed E-state index contributed by atoms with van der Waals surface area (Å²) in [5, 5.41) is 18.5. The lowest BCUT2D eigenvalue weighted by Crippen LogP contribution is -2.19. The minimum absolute atomic E-state index is 0.408. The molecule has 0 unspecified atom stereocenters. The Balaban J connectivity index is 2.54. The normalized spacial score (nSPS) is 17.7. The van der Waals surface area contributed by atoms with Crippen LogP contribution in [-0.4, -0.2) is 16.3 Å². The topological polar surface area (TPSA) is 69.9 Å². The summed E-state index contributed by atoms with van der Waals surface area (Å²) in [6.45, 7) is 0. The van der Waals surface area contributed by atoms with Crippen molar-refractivity contribution in [2.24, 2.45) is 4.99 Å². The van der Waals surface area contributed by atoms with Crippen molar-refractivity contribution in [3.05, 3.63) is 23.5 Å². The Morgan fingerprint density at radius 3 is 2.47 bits per heavy atom. The first-order valence-electron chi connectivity index (χ1n) is 5.40. The van der Waals surface area contributed by atoms with Crippen LogP contribution < -0.4 is 0 Å². The number of phenols is 2. The van der Waals surface area contributed by atoms with Gasteiger partial charge in [0, 0.05) is 0 Å². The Morgan fingerprint density at radius 1 is 1.29 bits per heavy atom. The number of nitrogens with zero attached hydrogens (tertiary/aromatic N) is 1. The van der Waals surface area contributed by atoms with Crippen molar-refractivity contribution < 1.29 is 19.4 Å². The largest absolute Gasteiger partial charge is 0.504 e. The molecule has 1 aromatic carbocycles. The molecule has 5 heteroatoms. The molecule has 0 amide bonds. The fourth-order valence-electron chi connectivity index (χ4n) is 2.37. The third-order valence-corrected chi connectivity index (χ3v) is 3.27. The van der Waals surface area contributed by atoms with E-state index in [1.807, 2.05) is 0 Å². The zero-order valence-corrected chi connectivity index (χ0v) is 9.11. The van der Waals surface area contributed by atoms with Crippen LogP contribution in [0.3, 0.4) is 0 Å². The third-order valence-electron chi connectivity index (χ3n) is 3.27. The van der Waals surface area contributed by atoms with E-state index in [-0.39, 0.29) is 0 Å². The molecule has 17 heavy (non-hydrogen) atoms.